The molecule has 1 heterocycles. The molecule has 0 saturated heterocycles. The average Bonchev–Trinajstić information content (AvgIpc) is 2.79. The van der Waals surface area contributed by atoms with E-state index >= 15 is 0 Å². The summed E-state index contributed by atoms with van der Waals surface area (Å²) in [6, 6.07) is 7.00. The van der Waals surface area contributed by atoms with Crippen molar-refractivity contribution < 1.29 is 15.0 Å². The number of benzene rings is 1. The minimum Gasteiger partial charge on any atom is -0.508 e. The molecule has 4 nitrogen and oxygen atoms in total. The highest BCUT2D eigenvalue weighted by molar-refractivity contribution is 7.10. The van der Waals surface area contributed by atoms with Crippen molar-refractivity contribution in [2.75, 3.05) is 5.32 Å². The van der Waals surface area contributed by atoms with E-state index in [0.717, 1.165) is 16.1 Å². The molecule has 0 aliphatic carbocycles. The molecule has 0 fully saturated rings. The van der Waals surface area contributed by atoms with Crippen molar-refractivity contribution in [3.63, 3.8) is 0 Å². The number of aromatic hydroxyl groups is 1. The molecule has 0 atom stereocenters. The van der Waals surface area contributed by atoms with E-state index in [1.165, 1.54) is 11.3 Å². The van der Waals surface area contributed by atoms with Crippen LogP contribution in [0, 0.1) is 6.92 Å². The van der Waals surface area contributed by atoms with E-state index < -0.39 is 5.97 Å². The molecule has 0 unspecified atom stereocenters. The van der Waals surface area contributed by atoms with E-state index in [9.17, 15) is 9.90 Å². The van der Waals surface area contributed by atoms with Crippen molar-refractivity contribution in [3.8, 4) is 5.75 Å². The average molecular weight is 263 g/mol. The molecule has 2 rings (SSSR count). The maximum atomic E-state index is 10.7. The second kappa shape index (κ2) is 5.10. The summed E-state index contributed by atoms with van der Waals surface area (Å²) in [5, 5.41) is 23.1. The van der Waals surface area contributed by atoms with E-state index in [0.29, 0.717) is 12.1 Å². The van der Waals surface area contributed by atoms with Crippen molar-refractivity contribution >= 4 is 23.0 Å². The number of phenolic OH excluding ortho intramolecular Hbond substituents is 1. The highest BCUT2D eigenvalue weighted by atomic mass is 32.1. The van der Waals surface area contributed by atoms with Gasteiger partial charge in [0, 0.05) is 28.6 Å². The Kier molecular flexibility index (Phi) is 3.53. The normalized spacial score (nSPS) is 10.3. The van der Waals surface area contributed by atoms with Gasteiger partial charge < -0.3 is 15.5 Å². The molecule has 18 heavy (non-hydrogen) atoms. The Labute approximate surface area is 109 Å². The topological polar surface area (TPSA) is 69.6 Å². The number of rotatable bonds is 4. The Morgan fingerprint density at radius 1 is 1.39 bits per heavy atom. The van der Waals surface area contributed by atoms with Crippen LogP contribution in [0.25, 0.3) is 0 Å². The fraction of sp³-hybridized carbons (Fsp3) is 0.154. The number of hydrogen-bond donors (Lipinski definition) is 3. The molecule has 3 N–H and O–H groups in total. The van der Waals surface area contributed by atoms with Crippen LogP contribution in [-0.4, -0.2) is 16.2 Å². The zero-order valence-electron chi connectivity index (χ0n) is 9.80. The number of carboxylic acids is 1. The predicted octanol–water partition coefficient (Wildman–Crippen LogP) is 3.07. The highest BCUT2D eigenvalue weighted by Gasteiger charge is 2.06. The van der Waals surface area contributed by atoms with Gasteiger partial charge in [-0.3, -0.25) is 0 Å². The Balaban J connectivity index is 2.02. The maximum absolute atomic E-state index is 10.7. The van der Waals surface area contributed by atoms with Crippen LogP contribution in [0.3, 0.4) is 0 Å². The zero-order chi connectivity index (χ0) is 13.1. The third-order valence-corrected chi connectivity index (χ3v) is 3.51. The zero-order valence-corrected chi connectivity index (χ0v) is 10.6. The summed E-state index contributed by atoms with van der Waals surface area (Å²) in [6.45, 7) is 2.37. The smallest absolute Gasteiger partial charge is 0.336 e. The van der Waals surface area contributed by atoms with Gasteiger partial charge in [-0.25, -0.2) is 4.79 Å². The van der Waals surface area contributed by atoms with Gasteiger partial charge in [0.15, 0.2) is 0 Å². The first-order valence-corrected chi connectivity index (χ1v) is 6.28. The Morgan fingerprint density at radius 2 is 2.17 bits per heavy atom. The van der Waals surface area contributed by atoms with E-state index in [1.807, 2.05) is 19.1 Å². The lowest BCUT2D eigenvalue weighted by molar-refractivity contribution is 0.0697. The van der Waals surface area contributed by atoms with E-state index in [-0.39, 0.29) is 5.75 Å². The molecule has 0 saturated carbocycles. The minimum atomic E-state index is -0.912. The summed E-state index contributed by atoms with van der Waals surface area (Å²) in [5.74, 6) is -0.664. The standard InChI is InChI=1S/C13H13NO3S/c1-8-2-3-10(5-12(8)15)14-6-11-4-9(7-18-11)13(16)17/h2-5,7,14-15H,6H2,1H3,(H,16,17). The summed E-state index contributed by atoms with van der Waals surface area (Å²) in [4.78, 5) is 11.7. The van der Waals surface area contributed by atoms with Crippen LogP contribution < -0.4 is 5.32 Å². The molecule has 2 aromatic rings. The van der Waals surface area contributed by atoms with Crippen LogP contribution in [-0.2, 0) is 6.54 Å². The van der Waals surface area contributed by atoms with Gasteiger partial charge in [0.25, 0.3) is 0 Å². The third-order valence-electron chi connectivity index (χ3n) is 2.58. The van der Waals surface area contributed by atoms with Gasteiger partial charge in [-0.05, 0) is 24.6 Å². The number of aromatic carboxylic acids is 1. The maximum Gasteiger partial charge on any atom is 0.336 e. The Bertz CT molecular complexity index is 577. The third kappa shape index (κ3) is 2.81. The molecule has 0 radical (unpaired) electrons. The number of hydrogen-bond acceptors (Lipinski definition) is 4. The number of anilines is 1. The van der Waals surface area contributed by atoms with Gasteiger partial charge >= 0.3 is 5.97 Å². The van der Waals surface area contributed by atoms with Gasteiger partial charge in [0.05, 0.1) is 5.56 Å². The van der Waals surface area contributed by atoms with E-state index in [1.54, 1.807) is 17.5 Å². The van der Waals surface area contributed by atoms with Crippen LogP contribution in [0.15, 0.2) is 29.6 Å². The molecule has 1 aromatic heterocycles. The lowest BCUT2D eigenvalue weighted by Crippen LogP contribution is -1.98. The Morgan fingerprint density at radius 3 is 2.78 bits per heavy atom. The molecule has 0 aliphatic heterocycles. The van der Waals surface area contributed by atoms with Crippen molar-refractivity contribution in [1.82, 2.24) is 0 Å². The quantitative estimate of drug-likeness (QED) is 0.793. The summed E-state index contributed by atoms with van der Waals surface area (Å²) in [7, 11) is 0. The van der Waals surface area contributed by atoms with Crippen LogP contribution in [0.2, 0.25) is 0 Å². The summed E-state index contributed by atoms with van der Waals surface area (Å²) >= 11 is 1.40. The number of nitrogens with one attached hydrogen (secondary N) is 1. The molecule has 5 heteroatoms. The Hall–Kier alpha value is -2.01. The van der Waals surface area contributed by atoms with Crippen molar-refractivity contribution in [3.05, 3.63) is 45.6 Å². The molecular weight excluding hydrogens is 250 g/mol. The molecule has 0 bridgehead atoms. The number of thiophene rings is 1. The van der Waals surface area contributed by atoms with E-state index in [2.05, 4.69) is 5.32 Å². The summed E-state index contributed by atoms with van der Waals surface area (Å²) in [6.07, 6.45) is 0. The van der Waals surface area contributed by atoms with Crippen LogP contribution in [0.1, 0.15) is 20.8 Å². The number of carbonyl (C=O) groups is 1. The van der Waals surface area contributed by atoms with Gasteiger partial charge in [0.1, 0.15) is 5.75 Å². The van der Waals surface area contributed by atoms with Gasteiger partial charge in [0.2, 0.25) is 0 Å². The molecule has 0 amide bonds. The van der Waals surface area contributed by atoms with Crippen molar-refractivity contribution in [1.29, 1.82) is 0 Å². The van der Waals surface area contributed by atoms with Crippen LogP contribution >= 0.6 is 11.3 Å². The van der Waals surface area contributed by atoms with Gasteiger partial charge in [-0.15, -0.1) is 11.3 Å². The second-order valence-electron chi connectivity index (χ2n) is 3.96. The lowest BCUT2D eigenvalue weighted by atomic mass is 10.2. The van der Waals surface area contributed by atoms with Gasteiger partial charge in [-0.1, -0.05) is 6.07 Å². The summed E-state index contributed by atoms with van der Waals surface area (Å²) in [5.41, 5.74) is 1.94. The fourth-order valence-electron chi connectivity index (χ4n) is 1.49. The lowest BCUT2D eigenvalue weighted by Gasteiger charge is -2.06. The highest BCUT2D eigenvalue weighted by Crippen LogP contribution is 2.22. The first-order valence-electron chi connectivity index (χ1n) is 5.40. The molecular formula is C13H13NO3S. The SMILES string of the molecule is Cc1ccc(NCc2cc(C(=O)O)cs2)cc1O. The second-order valence-corrected chi connectivity index (χ2v) is 4.96. The first-order chi connectivity index (χ1) is 8.56. The number of carboxylic acid groups (broad SMARTS) is 1. The molecule has 1 aromatic carbocycles. The molecule has 0 aliphatic rings. The van der Waals surface area contributed by atoms with Gasteiger partial charge in [-0.2, -0.15) is 0 Å². The fourth-order valence-corrected chi connectivity index (χ4v) is 2.29. The number of aryl methyl sites for hydroxylation is 1. The molecule has 94 valence electrons. The monoisotopic (exact) mass is 263 g/mol. The van der Waals surface area contributed by atoms with Crippen LogP contribution in [0.4, 0.5) is 5.69 Å². The molecule has 0 spiro atoms. The summed E-state index contributed by atoms with van der Waals surface area (Å²) < 4.78 is 0. The van der Waals surface area contributed by atoms with Crippen LogP contribution in [0.5, 0.6) is 5.75 Å². The van der Waals surface area contributed by atoms with E-state index in [4.69, 9.17) is 5.11 Å². The minimum absolute atomic E-state index is 0.248. The first kappa shape index (κ1) is 12.4. The van der Waals surface area contributed by atoms with Crippen molar-refractivity contribution in [2.45, 2.75) is 13.5 Å². The predicted molar refractivity (Wildman–Crippen MR) is 71.4 cm³/mol. The number of phenols is 1. The van der Waals surface area contributed by atoms with Crippen molar-refractivity contribution in [2.24, 2.45) is 0 Å². The largest absolute Gasteiger partial charge is 0.508 e.